The van der Waals surface area contributed by atoms with E-state index in [-0.39, 0.29) is 5.41 Å². The van der Waals surface area contributed by atoms with Crippen molar-refractivity contribution in [3.8, 4) is 0 Å². The van der Waals surface area contributed by atoms with Crippen molar-refractivity contribution in [2.45, 2.75) is 45.1 Å². The van der Waals surface area contributed by atoms with E-state index in [1.54, 1.807) is 0 Å². The van der Waals surface area contributed by atoms with Crippen molar-refractivity contribution in [2.75, 3.05) is 13.1 Å². The van der Waals surface area contributed by atoms with E-state index in [1.165, 1.54) is 17.8 Å². The molecule has 20 heavy (non-hydrogen) atoms. The van der Waals surface area contributed by atoms with Crippen LogP contribution in [0.1, 0.15) is 38.9 Å². The van der Waals surface area contributed by atoms with Crippen molar-refractivity contribution < 1.29 is 0 Å². The van der Waals surface area contributed by atoms with Gasteiger partial charge in [0.25, 0.3) is 0 Å². The second kappa shape index (κ2) is 5.38. The predicted molar refractivity (Wildman–Crippen MR) is 84.5 cm³/mol. The molecule has 0 amide bonds. The normalized spacial score (nSPS) is 22.8. The zero-order valence-electron chi connectivity index (χ0n) is 12.2. The Labute approximate surface area is 125 Å². The van der Waals surface area contributed by atoms with Crippen LogP contribution in [0.2, 0.25) is 5.02 Å². The first-order chi connectivity index (χ1) is 9.70. The van der Waals surface area contributed by atoms with Crippen LogP contribution < -0.4 is 5.32 Å². The Kier molecular flexibility index (Phi) is 3.74. The third-order valence-corrected chi connectivity index (χ3v) is 4.79. The Bertz CT molecular complexity index is 611. The number of aromatic nitrogens is 2. The number of aryl methyl sites for hydroxylation is 1. The van der Waals surface area contributed by atoms with Gasteiger partial charge in [-0.2, -0.15) is 0 Å². The van der Waals surface area contributed by atoms with Crippen molar-refractivity contribution in [3.05, 3.63) is 29.0 Å². The molecule has 0 spiro atoms. The molecule has 1 aromatic heterocycles. The average molecular weight is 292 g/mol. The zero-order chi connectivity index (χ0) is 14.2. The van der Waals surface area contributed by atoms with Crippen LogP contribution in [0.5, 0.6) is 0 Å². The molecule has 0 aliphatic carbocycles. The molecule has 0 saturated carbocycles. The molecule has 1 fully saturated rings. The first kappa shape index (κ1) is 13.9. The van der Waals surface area contributed by atoms with E-state index in [2.05, 4.69) is 29.8 Å². The molecule has 2 aromatic rings. The summed E-state index contributed by atoms with van der Waals surface area (Å²) in [5.41, 5.74) is 2.42. The minimum atomic E-state index is 0.181. The minimum Gasteiger partial charge on any atom is -0.327 e. The van der Waals surface area contributed by atoms with Crippen LogP contribution >= 0.6 is 11.6 Å². The highest BCUT2D eigenvalue weighted by Crippen LogP contribution is 2.36. The Morgan fingerprint density at radius 2 is 2.25 bits per heavy atom. The Morgan fingerprint density at radius 1 is 1.40 bits per heavy atom. The largest absolute Gasteiger partial charge is 0.327 e. The van der Waals surface area contributed by atoms with E-state index in [0.717, 1.165) is 43.0 Å². The van der Waals surface area contributed by atoms with Crippen LogP contribution in [-0.2, 0) is 12.0 Å². The molecule has 3 rings (SSSR count). The smallest absolute Gasteiger partial charge is 0.117 e. The summed E-state index contributed by atoms with van der Waals surface area (Å²) in [6, 6.07) is 6.02. The quantitative estimate of drug-likeness (QED) is 0.930. The van der Waals surface area contributed by atoms with Crippen LogP contribution in [0.15, 0.2) is 18.2 Å². The molecule has 1 atom stereocenters. The predicted octanol–water partition coefficient (Wildman–Crippen LogP) is 3.74. The molecule has 1 aliphatic heterocycles. The molecule has 1 aliphatic rings. The third-order valence-electron chi connectivity index (χ3n) is 4.55. The van der Waals surface area contributed by atoms with E-state index < -0.39 is 0 Å². The van der Waals surface area contributed by atoms with Crippen LogP contribution in [0.3, 0.4) is 0 Å². The minimum absolute atomic E-state index is 0.181. The molecule has 1 unspecified atom stereocenters. The van der Waals surface area contributed by atoms with E-state index in [0.29, 0.717) is 0 Å². The number of benzene rings is 1. The van der Waals surface area contributed by atoms with Crippen molar-refractivity contribution in [2.24, 2.45) is 0 Å². The summed E-state index contributed by atoms with van der Waals surface area (Å²) in [4.78, 5) is 4.96. The first-order valence-corrected chi connectivity index (χ1v) is 7.95. The van der Waals surface area contributed by atoms with Crippen LogP contribution in [0.25, 0.3) is 11.0 Å². The van der Waals surface area contributed by atoms with E-state index in [9.17, 15) is 0 Å². The van der Waals surface area contributed by atoms with Gasteiger partial charge in [0, 0.05) is 23.5 Å². The van der Waals surface area contributed by atoms with Crippen LogP contribution in [-0.4, -0.2) is 22.6 Å². The summed E-state index contributed by atoms with van der Waals surface area (Å²) in [7, 11) is 0. The number of nitrogens with zero attached hydrogens (tertiary/aromatic N) is 2. The van der Waals surface area contributed by atoms with E-state index >= 15 is 0 Å². The monoisotopic (exact) mass is 291 g/mol. The number of hydrogen-bond donors (Lipinski definition) is 1. The second-order valence-electron chi connectivity index (χ2n) is 5.78. The van der Waals surface area contributed by atoms with Crippen LogP contribution in [0.4, 0.5) is 0 Å². The molecular weight excluding hydrogens is 270 g/mol. The molecule has 1 N–H and O–H groups in total. The number of fused-ring (bicyclic) bond motifs is 1. The molecular formula is C16H22ClN3. The summed E-state index contributed by atoms with van der Waals surface area (Å²) in [5, 5.41) is 4.30. The van der Waals surface area contributed by atoms with Gasteiger partial charge in [-0.15, -0.1) is 0 Å². The molecule has 1 saturated heterocycles. The number of halogens is 1. The maximum Gasteiger partial charge on any atom is 0.117 e. The van der Waals surface area contributed by atoms with Gasteiger partial charge in [0.2, 0.25) is 0 Å². The first-order valence-electron chi connectivity index (χ1n) is 7.57. The Hall–Kier alpha value is -1.06. The van der Waals surface area contributed by atoms with Gasteiger partial charge in [0.15, 0.2) is 0 Å². The molecule has 3 nitrogen and oxygen atoms in total. The standard InChI is InChI=1S/C16H22ClN3/c1-3-9-20-14-10-12(17)5-6-13(14)19-15(20)16(4-2)7-8-18-11-16/h5-6,10,18H,3-4,7-9,11H2,1-2H3. The van der Waals surface area contributed by atoms with Gasteiger partial charge in [0.1, 0.15) is 5.82 Å². The Balaban J connectivity index is 2.21. The second-order valence-corrected chi connectivity index (χ2v) is 6.22. The van der Waals surface area contributed by atoms with Crippen LogP contribution in [0, 0.1) is 0 Å². The third kappa shape index (κ3) is 2.13. The van der Waals surface area contributed by atoms with Gasteiger partial charge in [-0.3, -0.25) is 0 Å². The van der Waals surface area contributed by atoms with E-state index in [4.69, 9.17) is 16.6 Å². The van der Waals surface area contributed by atoms with Crippen molar-refractivity contribution in [1.82, 2.24) is 14.9 Å². The highest BCUT2D eigenvalue weighted by Gasteiger charge is 2.38. The fourth-order valence-corrected chi connectivity index (χ4v) is 3.51. The fourth-order valence-electron chi connectivity index (χ4n) is 3.35. The summed E-state index contributed by atoms with van der Waals surface area (Å²) in [6.07, 6.45) is 3.41. The highest BCUT2D eigenvalue weighted by atomic mass is 35.5. The lowest BCUT2D eigenvalue weighted by Gasteiger charge is -2.27. The van der Waals surface area contributed by atoms with Gasteiger partial charge in [0.05, 0.1) is 11.0 Å². The molecule has 4 heteroatoms. The van der Waals surface area contributed by atoms with Gasteiger partial charge in [-0.1, -0.05) is 25.4 Å². The number of imidazole rings is 1. The SMILES string of the molecule is CCCn1c(C2(CC)CCNC2)nc2ccc(Cl)cc21. The van der Waals surface area contributed by atoms with E-state index in [1.807, 2.05) is 12.1 Å². The van der Waals surface area contributed by atoms with Crippen molar-refractivity contribution in [3.63, 3.8) is 0 Å². The van der Waals surface area contributed by atoms with Crippen molar-refractivity contribution in [1.29, 1.82) is 0 Å². The topological polar surface area (TPSA) is 29.9 Å². The van der Waals surface area contributed by atoms with Gasteiger partial charge in [-0.25, -0.2) is 4.98 Å². The summed E-state index contributed by atoms with van der Waals surface area (Å²) in [6.45, 7) is 7.61. The maximum atomic E-state index is 6.17. The highest BCUT2D eigenvalue weighted by molar-refractivity contribution is 6.31. The van der Waals surface area contributed by atoms with Gasteiger partial charge in [-0.05, 0) is 44.0 Å². The lowest BCUT2D eigenvalue weighted by molar-refractivity contribution is 0.405. The molecule has 1 aromatic carbocycles. The number of rotatable bonds is 4. The average Bonchev–Trinajstić information content (AvgIpc) is 3.05. The summed E-state index contributed by atoms with van der Waals surface area (Å²) in [5.74, 6) is 1.24. The fraction of sp³-hybridized carbons (Fsp3) is 0.562. The molecule has 0 bridgehead atoms. The maximum absolute atomic E-state index is 6.17. The number of hydrogen-bond acceptors (Lipinski definition) is 2. The summed E-state index contributed by atoms with van der Waals surface area (Å²) < 4.78 is 2.39. The lowest BCUT2D eigenvalue weighted by atomic mass is 9.83. The Morgan fingerprint density at radius 3 is 2.90 bits per heavy atom. The van der Waals surface area contributed by atoms with Crippen molar-refractivity contribution >= 4 is 22.6 Å². The zero-order valence-corrected chi connectivity index (χ0v) is 13.0. The van der Waals surface area contributed by atoms with Gasteiger partial charge >= 0.3 is 0 Å². The lowest BCUT2D eigenvalue weighted by Crippen LogP contribution is -2.32. The molecule has 2 heterocycles. The van der Waals surface area contributed by atoms with Gasteiger partial charge < -0.3 is 9.88 Å². The summed E-state index contributed by atoms with van der Waals surface area (Å²) >= 11 is 6.17. The number of nitrogens with one attached hydrogen (secondary N) is 1. The molecule has 0 radical (unpaired) electrons. The molecule has 108 valence electrons.